The van der Waals surface area contributed by atoms with Crippen molar-refractivity contribution < 1.29 is 13.9 Å². The normalized spacial score (nSPS) is 14.1. The molecular weight excluding hydrogens is 483 g/mol. The molecule has 8 nitrogen and oxygen atoms in total. The Kier molecular flexibility index (Phi) is 6.75. The van der Waals surface area contributed by atoms with E-state index in [2.05, 4.69) is 20.7 Å². The van der Waals surface area contributed by atoms with Crippen LogP contribution in [0.5, 0.6) is 5.75 Å². The number of nitrogens with one attached hydrogen (secondary N) is 2. The molecule has 0 spiro atoms. The summed E-state index contributed by atoms with van der Waals surface area (Å²) >= 11 is 0. The van der Waals surface area contributed by atoms with Crippen molar-refractivity contribution in [2.75, 3.05) is 38.4 Å². The van der Waals surface area contributed by atoms with Gasteiger partial charge in [-0.05, 0) is 42.8 Å². The minimum absolute atomic E-state index is 0.0316. The molecule has 5 rings (SSSR count). The number of nitrogens with zero attached hydrogens (tertiary/aromatic N) is 4. The van der Waals surface area contributed by atoms with E-state index < -0.39 is 5.82 Å². The second kappa shape index (κ2) is 10.2. The lowest BCUT2D eigenvalue weighted by atomic mass is 9.91. The molecule has 1 atom stereocenters. The summed E-state index contributed by atoms with van der Waals surface area (Å²) in [5, 5.41) is 10.9. The predicted molar refractivity (Wildman–Crippen MR) is 146 cm³/mol. The summed E-state index contributed by atoms with van der Waals surface area (Å²) in [5.74, 6) is 0.817. The number of carbonyl (C=O) groups is 1. The number of aromatic nitrogens is 3. The van der Waals surface area contributed by atoms with Crippen LogP contribution in [0.25, 0.3) is 11.1 Å². The van der Waals surface area contributed by atoms with Gasteiger partial charge in [0.05, 0.1) is 30.6 Å². The zero-order valence-electron chi connectivity index (χ0n) is 22.2. The number of methoxy groups -OCH3 is 1. The lowest BCUT2D eigenvalue weighted by Gasteiger charge is -2.18. The molecule has 0 fully saturated rings. The molecule has 1 amide bonds. The fraction of sp³-hybridized carbons (Fsp3) is 0.276. The highest BCUT2D eigenvalue weighted by Crippen LogP contribution is 2.41. The number of para-hydroxylation sites is 1. The van der Waals surface area contributed by atoms with Crippen LogP contribution in [0, 0.1) is 12.7 Å². The number of aryl methyl sites for hydroxylation is 2. The second-order valence-corrected chi connectivity index (χ2v) is 9.67. The third-order valence-corrected chi connectivity index (χ3v) is 6.95. The van der Waals surface area contributed by atoms with E-state index in [1.807, 2.05) is 50.4 Å². The SMILES string of the molecule is COc1ccccc1C1CNc2ncc(-c3cc(F)c(NCc4cc(C)n(C)n4)c(C(=O)N(C)C)c3)cc21. The number of pyridine rings is 1. The summed E-state index contributed by atoms with van der Waals surface area (Å²) in [5.41, 5.74) is 5.51. The van der Waals surface area contributed by atoms with E-state index in [0.29, 0.717) is 12.1 Å². The van der Waals surface area contributed by atoms with E-state index in [9.17, 15) is 4.79 Å². The van der Waals surface area contributed by atoms with Gasteiger partial charge in [0.1, 0.15) is 17.4 Å². The average molecular weight is 515 g/mol. The minimum atomic E-state index is -0.514. The Morgan fingerprint density at radius 2 is 1.97 bits per heavy atom. The minimum Gasteiger partial charge on any atom is -0.496 e. The fourth-order valence-corrected chi connectivity index (χ4v) is 4.86. The number of benzene rings is 2. The van der Waals surface area contributed by atoms with E-state index in [1.54, 1.807) is 38.2 Å². The van der Waals surface area contributed by atoms with Gasteiger partial charge < -0.3 is 20.3 Å². The first-order chi connectivity index (χ1) is 18.3. The van der Waals surface area contributed by atoms with Crippen molar-refractivity contribution in [2.24, 2.45) is 7.05 Å². The summed E-state index contributed by atoms with van der Waals surface area (Å²) in [6.45, 7) is 2.92. The number of carbonyl (C=O) groups excluding carboxylic acids is 1. The molecular formula is C29H31FN6O2. The Labute approximate surface area is 221 Å². The van der Waals surface area contributed by atoms with Gasteiger partial charge in [-0.15, -0.1) is 0 Å². The molecule has 2 aromatic heterocycles. The first-order valence-corrected chi connectivity index (χ1v) is 12.4. The molecule has 0 saturated carbocycles. The van der Waals surface area contributed by atoms with Crippen LogP contribution >= 0.6 is 0 Å². The van der Waals surface area contributed by atoms with Gasteiger partial charge in [0.15, 0.2) is 0 Å². The number of hydrogen-bond acceptors (Lipinski definition) is 6. The van der Waals surface area contributed by atoms with Crippen molar-refractivity contribution >= 4 is 17.4 Å². The van der Waals surface area contributed by atoms with E-state index in [-0.39, 0.29) is 29.6 Å². The van der Waals surface area contributed by atoms with E-state index >= 15 is 4.39 Å². The van der Waals surface area contributed by atoms with Crippen LogP contribution in [0.15, 0.2) is 54.7 Å². The van der Waals surface area contributed by atoms with Crippen LogP contribution in [0.2, 0.25) is 0 Å². The quantitative estimate of drug-likeness (QED) is 0.368. The van der Waals surface area contributed by atoms with Crippen LogP contribution < -0.4 is 15.4 Å². The van der Waals surface area contributed by atoms with Gasteiger partial charge in [0, 0.05) is 62.2 Å². The summed E-state index contributed by atoms with van der Waals surface area (Å²) in [6, 6.07) is 15.0. The van der Waals surface area contributed by atoms with Crippen molar-refractivity contribution in [3.63, 3.8) is 0 Å². The van der Waals surface area contributed by atoms with Gasteiger partial charge in [0.25, 0.3) is 5.91 Å². The zero-order valence-corrected chi connectivity index (χ0v) is 22.2. The van der Waals surface area contributed by atoms with Crippen LogP contribution in [-0.4, -0.2) is 53.3 Å². The molecule has 4 aromatic rings. The molecule has 0 saturated heterocycles. The molecule has 1 unspecified atom stereocenters. The van der Waals surface area contributed by atoms with Crippen molar-refractivity contribution in [3.05, 3.63) is 88.6 Å². The van der Waals surface area contributed by atoms with E-state index in [0.717, 1.165) is 39.6 Å². The third kappa shape index (κ3) is 4.67. The Morgan fingerprint density at radius 1 is 1.18 bits per heavy atom. The maximum atomic E-state index is 15.6. The zero-order chi connectivity index (χ0) is 27.0. The summed E-state index contributed by atoms with van der Waals surface area (Å²) in [4.78, 5) is 19.2. The number of ether oxygens (including phenoxy) is 1. The van der Waals surface area contributed by atoms with Gasteiger partial charge >= 0.3 is 0 Å². The summed E-state index contributed by atoms with van der Waals surface area (Å²) in [6.07, 6.45) is 1.71. The van der Waals surface area contributed by atoms with Gasteiger partial charge in [-0.25, -0.2) is 9.37 Å². The molecule has 1 aliphatic rings. The highest BCUT2D eigenvalue weighted by molar-refractivity contribution is 6.01. The highest BCUT2D eigenvalue weighted by Gasteiger charge is 2.28. The molecule has 2 aromatic carbocycles. The Bertz CT molecular complexity index is 1490. The highest BCUT2D eigenvalue weighted by atomic mass is 19.1. The van der Waals surface area contributed by atoms with Crippen LogP contribution in [0.1, 0.15) is 38.8 Å². The molecule has 196 valence electrons. The van der Waals surface area contributed by atoms with E-state index in [4.69, 9.17) is 4.74 Å². The number of rotatable bonds is 7. The number of hydrogen-bond donors (Lipinski definition) is 2. The lowest BCUT2D eigenvalue weighted by Crippen LogP contribution is -2.23. The first kappa shape index (κ1) is 25.3. The summed E-state index contributed by atoms with van der Waals surface area (Å²) < 4.78 is 23.0. The Morgan fingerprint density at radius 3 is 2.68 bits per heavy atom. The number of fused-ring (bicyclic) bond motifs is 1. The topological polar surface area (TPSA) is 84.3 Å². The molecule has 38 heavy (non-hydrogen) atoms. The molecule has 1 aliphatic heterocycles. The van der Waals surface area contributed by atoms with Gasteiger partial charge in [-0.2, -0.15) is 5.10 Å². The van der Waals surface area contributed by atoms with Gasteiger partial charge in [-0.3, -0.25) is 9.48 Å². The number of amides is 1. The van der Waals surface area contributed by atoms with E-state index in [1.165, 1.54) is 11.0 Å². The maximum Gasteiger partial charge on any atom is 0.255 e. The molecule has 2 N–H and O–H groups in total. The number of halogens is 1. The van der Waals surface area contributed by atoms with Crippen molar-refractivity contribution in [1.29, 1.82) is 0 Å². The standard InChI is InChI=1S/C29H31FN6O2/c1-17-10-20(34-36(17)4)15-31-27-23(29(37)35(2)3)11-18(13-25(27)30)19-12-22-24(16-33-28(22)32-14-19)21-8-6-7-9-26(21)38-5/h6-14,24,31H,15-16H2,1-5H3,(H,32,33). The van der Waals surface area contributed by atoms with Crippen molar-refractivity contribution in [1.82, 2.24) is 19.7 Å². The molecule has 0 aliphatic carbocycles. The molecule has 0 radical (unpaired) electrons. The Hall–Kier alpha value is -4.40. The summed E-state index contributed by atoms with van der Waals surface area (Å²) in [7, 11) is 6.82. The van der Waals surface area contributed by atoms with Crippen LogP contribution in [-0.2, 0) is 13.6 Å². The molecule has 3 heterocycles. The van der Waals surface area contributed by atoms with Gasteiger partial charge in [0.2, 0.25) is 0 Å². The van der Waals surface area contributed by atoms with Gasteiger partial charge in [-0.1, -0.05) is 18.2 Å². The smallest absolute Gasteiger partial charge is 0.255 e. The van der Waals surface area contributed by atoms with Crippen LogP contribution in [0.4, 0.5) is 15.9 Å². The second-order valence-electron chi connectivity index (χ2n) is 9.67. The van der Waals surface area contributed by atoms with Crippen molar-refractivity contribution in [2.45, 2.75) is 19.4 Å². The lowest BCUT2D eigenvalue weighted by molar-refractivity contribution is 0.0828. The third-order valence-electron chi connectivity index (χ3n) is 6.95. The predicted octanol–water partition coefficient (Wildman–Crippen LogP) is 4.81. The number of anilines is 2. The monoisotopic (exact) mass is 514 g/mol. The largest absolute Gasteiger partial charge is 0.496 e. The molecule has 0 bridgehead atoms. The maximum absolute atomic E-state index is 15.6. The first-order valence-electron chi connectivity index (χ1n) is 12.4. The average Bonchev–Trinajstić information content (AvgIpc) is 3.48. The Balaban J connectivity index is 1.53. The van der Waals surface area contributed by atoms with Crippen LogP contribution in [0.3, 0.4) is 0 Å². The van der Waals surface area contributed by atoms with Crippen molar-refractivity contribution in [3.8, 4) is 16.9 Å². The fourth-order valence-electron chi connectivity index (χ4n) is 4.86. The molecule has 9 heteroatoms.